The van der Waals surface area contributed by atoms with Crippen LogP contribution in [0.25, 0.3) is 119 Å². The van der Waals surface area contributed by atoms with Crippen LogP contribution in [0.15, 0.2) is 194 Å². The molecule has 0 aliphatic carbocycles. The monoisotopic (exact) mass is 800 g/mol. The van der Waals surface area contributed by atoms with Crippen LogP contribution in [-0.4, -0.2) is 19.9 Å². The van der Waals surface area contributed by atoms with Crippen molar-refractivity contribution >= 4 is 74.6 Å². The molecule has 0 saturated carbocycles. The average Bonchev–Trinajstić information content (AvgIpc) is 3.92. The van der Waals surface area contributed by atoms with Gasteiger partial charge in [-0.1, -0.05) is 158 Å². The Hall–Kier alpha value is -7.38. The molecule has 0 fully saturated rings. The Balaban J connectivity index is 1.11. The lowest BCUT2D eigenvalue weighted by molar-refractivity contribution is 1.07. The first-order valence-corrected chi connectivity index (χ1v) is 21.6. The van der Waals surface area contributed by atoms with Gasteiger partial charge in [-0.15, -0.1) is 22.7 Å². The molecule has 0 unspecified atom stereocenters. The molecule has 0 atom stereocenters. The highest BCUT2D eigenvalue weighted by Crippen LogP contribution is 2.48. The largest absolute Gasteiger partial charge is 0.235 e. The van der Waals surface area contributed by atoms with Crippen LogP contribution in [0.2, 0.25) is 0 Å². The summed E-state index contributed by atoms with van der Waals surface area (Å²) in [5.74, 6) is 1.87. The molecule has 0 saturated heterocycles. The molecule has 0 bridgehead atoms. The van der Waals surface area contributed by atoms with E-state index in [1.807, 2.05) is 35.6 Å². The molecule has 9 aromatic carbocycles. The van der Waals surface area contributed by atoms with E-state index in [9.17, 15) is 0 Å². The number of benzene rings is 9. The number of rotatable bonds is 6. The van der Waals surface area contributed by atoms with E-state index in [-0.39, 0.29) is 0 Å². The highest BCUT2D eigenvalue weighted by molar-refractivity contribution is 7.27. The van der Waals surface area contributed by atoms with Gasteiger partial charge in [-0.25, -0.2) is 19.9 Å². The highest BCUT2D eigenvalue weighted by Gasteiger charge is 2.22. The van der Waals surface area contributed by atoms with Crippen molar-refractivity contribution in [1.29, 1.82) is 0 Å². The van der Waals surface area contributed by atoms with Gasteiger partial charge in [-0.3, -0.25) is 0 Å². The number of thiazole rings is 1. The fourth-order valence-electron chi connectivity index (χ4n) is 8.40. The Labute approximate surface area is 353 Å². The summed E-state index contributed by atoms with van der Waals surface area (Å²) < 4.78 is 3.64. The maximum absolute atomic E-state index is 5.52. The fraction of sp³-hybridized carbons (Fsp3) is 0. The molecule has 6 heteroatoms. The second-order valence-electron chi connectivity index (χ2n) is 15.0. The maximum atomic E-state index is 5.52. The van der Waals surface area contributed by atoms with Gasteiger partial charge in [0.15, 0.2) is 17.5 Å². The fourth-order valence-corrected chi connectivity index (χ4v) is 10.7. The van der Waals surface area contributed by atoms with Crippen molar-refractivity contribution in [1.82, 2.24) is 19.9 Å². The van der Waals surface area contributed by atoms with Crippen molar-refractivity contribution < 1.29 is 0 Å². The highest BCUT2D eigenvalue weighted by atomic mass is 32.1. The Kier molecular flexibility index (Phi) is 8.18. The molecule has 4 nitrogen and oxygen atoms in total. The van der Waals surface area contributed by atoms with E-state index in [0.29, 0.717) is 17.5 Å². The van der Waals surface area contributed by atoms with Crippen molar-refractivity contribution in [3.8, 4) is 67.0 Å². The van der Waals surface area contributed by atoms with Gasteiger partial charge in [0.1, 0.15) is 5.01 Å². The zero-order valence-electron chi connectivity index (χ0n) is 32.1. The van der Waals surface area contributed by atoms with E-state index in [1.165, 1.54) is 30.9 Å². The van der Waals surface area contributed by atoms with E-state index in [1.54, 1.807) is 11.3 Å². The van der Waals surface area contributed by atoms with E-state index < -0.39 is 0 Å². The van der Waals surface area contributed by atoms with Crippen LogP contribution < -0.4 is 0 Å². The minimum atomic E-state index is 0.617. The molecule has 0 amide bonds. The van der Waals surface area contributed by atoms with Gasteiger partial charge in [-0.05, 0) is 74.6 Å². The van der Waals surface area contributed by atoms with Gasteiger partial charge in [0.05, 0.1) is 10.2 Å². The molecular formula is C54H32N4S2. The Morgan fingerprint density at radius 3 is 1.75 bits per heavy atom. The molecule has 3 aromatic heterocycles. The summed E-state index contributed by atoms with van der Waals surface area (Å²) in [7, 11) is 0. The second-order valence-corrected chi connectivity index (χ2v) is 17.1. The first-order valence-electron chi connectivity index (χ1n) is 20.0. The van der Waals surface area contributed by atoms with Crippen LogP contribution in [-0.2, 0) is 0 Å². The topological polar surface area (TPSA) is 51.6 Å². The standard InChI is InChI=1S/C54H32N4S2/c1-3-14-33(15-4-1)37-21-13-22-39(28-37)52-56-51(35-17-5-2-6-18-35)57-53(58-52)41-30-38-20-9-10-23-42(38)44(31-41)48-49-47(32-45-43-24-11-12-25-46(43)59-50(45)48)60-54(55-49)40-27-26-34-16-7-8-19-36(34)29-40/h1-32H. The van der Waals surface area contributed by atoms with Gasteiger partial charge >= 0.3 is 0 Å². The smallest absolute Gasteiger partial charge is 0.164 e. The lowest BCUT2D eigenvalue weighted by Gasteiger charge is -2.14. The number of hydrogen-bond acceptors (Lipinski definition) is 6. The molecular weight excluding hydrogens is 769 g/mol. The van der Waals surface area contributed by atoms with Crippen LogP contribution >= 0.6 is 22.7 Å². The van der Waals surface area contributed by atoms with Crippen LogP contribution in [0.1, 0.15) is 0 Å². The zero-order chi connectivity index (χ0) is 39.6. The number of thiophene rings is 1. The number of fused-ring (bicyclic) bond motifs is 6. The summed E-state index contributed by atoms with van der Waals surface area (Å²) >= 11 is 3.60. The van der Waals surface area contributed by atoms with Crippen LogP contribution in [0.5, 0.6) is 0 Å². The minimum absolute atomic E-state index is 0.617. The third-order valence-corrected chi connectivity index (χ3v) is 13.6. The third-order valence-electron chi connectivity index (χ3n) is 11.3. The van der Waals surface area contributed by atoms with Gasteiger partial charge < -0.3 is 0 Å². The van der Waals surface area contributed by atoms with E-state index in [2.05, 4.69) is 170 Å². The van der Waals surface area contributed by atoms with Crippen molar-refractivity contribution in [3.63, 3.8) is 0 Å². The minimum Gasteiger partial charge on any atom is -0.235 e. The molecule has 0 aliphatic rings. The van der Waals surface area contributed by atoms with E-state index in [4.69, 9.17) is 19.9 Å². The predicted octanol–water partition coefficient (Wildman–Crippen LogP) is 15.2. The Morgan fingerprint density at radius 1 is 0.317 bits per heavy atom. The summed E-state index contributed by atoms with van der Waals surface area (Å²) in [6, 6.07) is 68.5. The van der Waals surface area contributed by atoms with Gasteiger partial charge in [0.2, 0.25) is 0 Å². The first kappa shape index (κ1) is 34.6. The van der Waals surface area contributed by atoms with Crippen LogP contribution in [0, 0.1) is 0 Å². The quantitative estimate of drug-likeness (QED) is 0.168. The Morgan fingerprint density at radius 2 is 0.933 bits per heavy atom. The molecule has 280 valence electrons. The zero-order valence-corrected chi connectivity index (χ0v) is 33.7. The lowest BCUT2D eigenvalue weighted by Crippen LogP contribution is -2.00. The van der Waals surface area contributed by atoms with Crippen molar-refractivity contribution in [3.05, 3.63) is 194 Å². The van der Waals surface area contributed by atoms with Crippen molar-refractivity contribution in [2.45, 2.75) is 0 Å². The average molecular weight is 801 g/mol. The van der Waals surface area contributed by atoms with Gasteiger partial charge in [-0.2, -0.15) is 0 Å². The Bertz CT molecular complexity index is 3610. The van der Waals surface area contributed by atoms with Crippen LogP contribution in [0.4, 0.5) is 0 Å². The molecule has 12 rings (SSSR count). The van der Waals surface area contributed by atoms with Crippen molar-refractivity contribution in [2.24, 2.45) is 0 Å². The molecule has 60 heavy (non-hydrogen) atoms. The van der Waals surface area contributed by atoms with Crippen LogP contribution in [0.3, 0.4) is 0 Å². The number of hydrogen-bond donors (Lipinski definition) is 0. The summed E-state index contributed by atoms with van der Waals surface area (Å²) in [5.41, 5.74) is 9.40. The normalized spacial score (nSPS) is 11.7. The molecule has 0 aliphatic heterocycles. The number of nitrogens with zero attached hydrogens (tertiary/aromatic N) is 4. The summed E-state index contributed by atoms with van der Waals surface area (Å²) in [6.45, 7) is 0. The molecule has 12 aromatic rings. The molecule has 0 N–H and O–H groups in total. The van der Waals surface area contributed by atoms with E-state index in [0.717, 1.165) is 70.5 Å². The predicted molar refractivity (Wildman–Crippen MR) is 254 cm³/mol. The second kappa shape index (κ2) is 14.2. The maximum Gasteiger partial charge on any atom is 0.164 e. The van der Waals surface area contributed by atoms with Gasteiger partial charge in [0.25, 0.3) is 0 Å². The summed E-state index contributed by atoms with van der Waals surface area (Å²) in [6.07, 6.45) is 0. The van der Waals surface area contributed by atoms with E-state index >= 15 is 0 Å². The first-order chi connectivity index (χ1) is 29.7. The molecule has 0 radical (unpaired) electrons. The lowest BCUT2D eigenvalue weighted by atomic mass is 9.93. The molecule has 3 heterocycles. The number of aromatic nitrogens is 4. The summed E-state index contributed by atoms with van der Waals surface area (Å²) in [5, 5.41) is 8.20. The summed E-state index contributed by atoms with van der Waals surface area (Å²) in [4.78, 5) is 21.1. The van der Waals surface area contributed by atoms with Crippen molar-refractivity contribution in [2.75, 3.05) is 0 Å². The molecule has 0 spiro atoms. The SMILES string of the molecule is c1ccc(-c2cccc(-c3nc(-c4ccccc4)nc(-c4cc(-c5c6nc(-c7ccc8ccccc8c7)sc6cc6c5sc5ccccc56)c5ccccc5c4)n3)c2)cc1. The third kappa shape index (κ3) is 5.96. The van der Waals surface area contributed by atoms with Gasteiger partial charge in [0, 0.05) is 48.0 Å².